The molecule has 96 valence electrons. The number of rotatable bonds is 5. The Morgan fingerprint density at radius 2 is 1.65 bits per heavy atom. The number of hydrogen-bond acceptors (Lipinski definition) is 5. The van der Waals surface area contributed by atoms with Crippen molar-refractivity contribution in [1.82, 2.24) is 15.0 Å². The molecule has 0 bridgehead atoms. The molecule has 1 aromatic rings. The molecule has 1 unspecified atom stereocenters. The summed E-state index contributed by atoms with van der Waals surface area (Å²) in [7, 11) is 0. The normalized spacial score (nSPS) is 13.4. The molecule has 2 N–H and O–H groups in total. The lowest BCUT2D eigenvalue weighted by Crippen LogP contribution is -2.18. The lowest BCUT2D eigenvalue weighted by molar-refractivity contribution is 0.0229. The maximum Gasteiger partial charge on any atom is 0.223 e. The van der Waals surface area contributed by atoms with Gasteiger partial charge in [-0.05, 0) is 12.8 Å². The van der Waals surface area contributed by atoms with Gasteiger partial charge in [-0.15, -0.1) is 0 Å². The first-order valence-corrected chi connectivity index (χ1v) is 6.08. The van der Waals surface area contributed by atoms with Gasteiger partial charge in [-0.25, -0.2) is 4.98 Å². The van der Waals surface area contributed by atoms with Crippen molar-refractivity contribution in [2.24, 2.45) is 5.92 Å². The molecular weight excluding hydrogens is 216 g/mol. The Hall–Kier alpha value is -1.23. The zero-order chi connectivity index (χ0) is 13.0. The van der Waals surface area contributed by atoms with Gasteiger partial charge in [0, 0.05) is 12.5 Å². The maximum atomic E-state index is 5.71. The summed E-state index contributed by atoms with van der Waals surface area (Å²) in [4.78, 5) is 12.8. The monoisotopic (exact) mass is 238 g/mol. The first-order chi connectivity index (χ1) is 7.95. The molecule has 0 fully saturated rings. The fourth-order valence-corrected chi connectivity index (χ4v) is 1.56. The molecule has 0 saturated heterocycles. The summed E-state index contributed by atoms with van der Waals surface area (Å²) < 4.78 is 5.67. The van der Waals surface area contributed by atoms with Gasteiger partial charge in [-0.2, -0.15) is 9.97 Å². The SMILES string of the molecule is CCOC(c1nc(N)nc(C(C)C)n1)C(C)C. The van der Waals surface area contributed by atoms with Crippen molar-refractivity contribution in [3.05, 3.63) is 11.6 Å². The van der Waals surface area contributed by atoms with E-state index in [1.54, 1.807) is 0 Å². The molecule has 1 rings (SSSR count). The van der Waals surface area contributed by atoms with E-state index in [0.717, 1.165) is 5.82 Å². The highest BCUT2D eigenvalue weighted by molar-refractivity contribution is 5.18. The molecule has 5 nitrogen and oxygen atoms in total. The molecule has 1 heterocycles. The van der Waals surface area contributed by atoms with E-state index in [2.05, 4.69) is 28.8 Å². The molecule has 1 aromatic heterocycles. The molecule has 0 aliphatic rings. The fraction of sp³-hybridized carbons (Fsp3) is 0.750. The van der Waals surface area contributed by atoms with Crippen molar-refractivity contribution in [3.8, 4) is 0 Å². The van der Waals surface area contributed by atoms with Gasteiger partial charge >= 0.3 is 0 Å². The summed E-state index contributed by atoms with van der Waals surface area (Å²) in [6.07, 6.45) is -0.122. The largest absolute Gasteiger partial charge is 0.370 e. The molecular formula is C12H22N4O. The van der Waals surface area contributed by atoms with Crippen LogP contribution in [0, 0.1) is 5.92 Å². The van der Waals surface area contributed by atoms with Crippen LogP contribution in [0.4, 0.5) is 5.95 Å². The van der Waals surface area contributed by atoms with Gasteiger partial charge in [0.15, 0.2) is 5.82 Å². The Morgan fingerprint density at radius 1 is 1.06 bits per heavy atom. The third kappa shape index (κ3) is 3.63. The third-order valence-electron chi connectivity index (χ3n) is 2.41. The van der Waals surface area contributed by atoms with Crippen LogP contribution in [0.2, 0.25) is 0 Å². The average Bonchev–Trinajstić information content (AvgIpc) is 2.24. The van der Waals surface area contributed by atoms with Crippen molar-refractivity contribution in [2.45, 2.75) is 46.6 Å². The van der Waals surface area contributed by atoms with Gasteiger partial charge in [0.05, 0.1) is 0 Å². The summed E-state index contributed by atoms with van der Waals surface area (Å²) in [5.41, 5.74) is 5.71. The Labute approximate surface area is 103 Å². The molecule has 0 amide bonds. The summed E-state index contributed by atoms with van der Waals surface area (Å²) in [5.74, 6) is 2.16. The predicted octanol–water partition coefficient (Wildman–Crippen LogP) is 2.31. The minimum Gasteiger partial charge on any atom is -0.370 e. The van der Waals surface area contributed by atoms with E-state index in [1.165, 1.54) is 0 Å². The number of nitrogens with two attached hydrogens (primary N) is 1. The van der Waals surface area contributed by atoms with E-state index in [0.29, 0.717) is 18.3 Å². The summed E-state index contributed by atoms with van der Waals surface area (Å²) in [6, 6.07) is 0. The number of nitrogen functional groups attached to an aromatic ring is 1. The van der Waals surface area contributed by atoms with Crippen LogP contribution in [-0.4, -0.2) is 21.6 Å². The van der Waals surface area contributed by atoms with E-state index in [9.17, 15) is 0 Å². The van der Waals surface area contributed by atoms with E-state index in [4.69, 9.17) is 10.5 Å². The highest BCUT2D eigenvalue weighted by Crippen LogP contribution is 2.24. The van der Waals surface area contributed by atoms with Gasteiger partial charge in [-0.3, -0.25) is 0 Å². The van der Waals surface area contributed by atoms with Gasteiger partial charge in [0.1, 0.15) is 11.9 Å². The number of hydrogen-bond donors (Lipinski definition) is 1. The van der Waals surface area contributed by atoms with Crippen LogP contribution >= 0.6 is 0 Å². The Morgan fingerprint density at radius 3 is 2.12 bits per heavy atom. The van der Waals surface area contributed by atoms with E-state index in [-0.39, 0.29) is 18.0 Å². The van der Waals surface area contributed by atoms with Crippen LogP contribution in [0.15, 0.2) is 0 Å². The zero-order valence-electron chi connectivity index (χ0n) is 11.3. The lowest BCUT2D eigenvalue weighted by atomic mass is 10.1. The Balaban J connectivity index is 3.10. The second-order valence-corrected chi connectivity index (χ2v) is 4.68. The van der Waals surface area contributed by atoms with Crippen molar-refractivity contribution in [1.29, 1.82) is 0 Å². The van der Waals surface area contributed by atoms with Gasteiger partial charge in [-0.1, -0.05) is 27.7 Å². The Kier molecular flexibility index (Phi) is 4.81. The van der Waals surface area contributed by atoms with Crippen molar-refractivity contribution in [2.75, 3.05) is 12.3 Å². The first-order valence-electron chi connectivity index (χ1n) is 6.08. The standard InChI is InChI=1S/C12H22N4O/c1-6-17-9(7(2)3)11-14-10(8(4)5)15-12(13)16-11/h7-9H,6H2,1-5H3,(H2,13,14,15,16). The number of ether oxygens (including phenoxy) is 1. The minimum absolute atomic E-state index is 0.122. The number of anilines is 1. The van der Waals surface area contributed by atoms with Crippen LogP contribution in [-0.2, 0) is 4.74 Å². The van der Waals surface area contributed by atoms with E-state index in [1.807, 2.05) is 20.8 Å². The smallest absolute Gasteiger partial charge is 0.223 e. The maximum absolute atomic E-state index is 5.71. The summed E-state index contributed by atoms with van der Waals surface area (Å²) in [5, 5.41) is 0. The van der Waals surface area contributed by atoms with Gasteiger partial charge < -0.3 is 10.5 Å². The zero-order valence-corrected chi connectivity index (χ0v) is 11.3. The second-order valence-electron chi connectivity index (χ2n) is 4.68. The molecule has 0 spiro atoms. The summed E-state index contributed by atoms with van der Waals surface area (Å²) >= 11 is 0. The van der Waals surface area contributed by atoms with Crippen LogP contribution in [0.1, 0.15) is 58.3 Å². The highest BCUT2D eigenvalue weighted by atomic mass is 16.5. The second kappa shape index (κ2) is 5.91. The first kappa shape index (κ1) is 13.8. The van der Waals surface area contributed by atoms with Crippen LogP contribution < -0.4 is 5.73 Å². The predicted molar refractivity (Wildman–Crippen MR) is 67.5 cm³/mol. The highest BCUT2D eigenvalue weighted by Gasteiger charge is 2.21. The molecule has 17 heavy (non-hydrogen) atoms. The van der Waals surface area contributed by atoms with Gasteiger partial charge in [0.25, 0.3) is 0 Å². The average molecular weight is 238 g/mol. The van der Waals surface area contributed by atoms with Crippen molar-refractivity contribution < 1.29 is 4.74 Å². The van der Waals surface area contributed by atoms with Crippen LogP contribution in [0.3, 0.4) is 0 Å². The Bertz CT molecular complexity index is 366. The molecule has 0 radical (unpaired) electrons. The van der Waals surface area contributed by atoms with E-state index >= 15 is 0 Å². The van der Waals surface area contributed by atoms with Gasteiger partial charge in [0.2, 0.25) is 5.95 Å². The number of aromatic nitrogens is 3. The quantitative estimate of drug-likeness (QED) is 0.852. The van der Waals surface area contributed by atoms with Crippen molar-refractivity contribution >= 4 is 5.95 Å². The number of nitrogens with zero attached hydrogens (tertiary/aromatic N) is 3. The molecule has 0 aliphatic heterocycles. The minimum atomic E-state index is -0.122. The topological polar surface area (TPSA) is 73.9 Å². The van der Waals surface area contributed by atoms with Crippen LogP contribution in [0.25, 0.3) is 0 Å². The lowest BCUT2D eigenvalue weighted by Gasteiger charge is -2.20. The molecule has 0 saturated carbocycles. The molecule has 0 aromatic carbocycles. The van der Waals surface area contributed by atoms with Crippen molar-refractivity contribution in [3.63, 3.8) is 0 Å². The fourth-order valence-electron chi connectivity index (χ4n) is 1.56. The molecule has 5 heteroatoms. The molecule has 0 aliphatic carbocycles. The van der Waals surface area contributed by atoms with E-state index < -0.39 is 0 Å². The van der Waals surface area contributed by atoms with Crippen LogP contribution in [0.5, 0.6) is 0 Å². The summed E-state index contributed by atoms with van der Waals surface area (Å²) in [6.45, 7) is 10.8. The third-order valence-corrected chi connectivity index (χ3v) is 2.41. The molecule has 1 atom stereocenters.